The van der Waals surface area contributed by atoms with E-state index in [-0.39, 0.29) is 17.9 Å². The molecule has 0 bridgehead atoms. The van der Waals surface area contributed by atoms with Crippen LogP contribution in [-0.4, -0.2) is 16.1 Å². The molecule has 27 heavy (non-hydrogen) atoms. The normalized spacial score (nSPS) is 15.9. The topological polar surface area (TPSA) is 59.1 Å². The molecule has 1 atom stereocenters. The summed E-state index contributed by atoms with van der Waals surface area (Å²) in [5.41, 5.74) is 2.56. The van der Waals surface area contributed by atoms with Crippen molar-refractivity contribution in [2.75, 3.05) is 10.6 Å². The zero-order valence-corrected chi connectivity index (χ0v) is 15.1. The molecule has 5 nitrogen and oxygen atoms in total. The first-order chi connectivity index (χ1) is 13.1. The smallest absolute Gasteiger partial charge is 0.229 e. The van der Waals surface area contributed by atoms with E-state index in [9.17, 15) is 4.39 Å². The van der Waals surface area contributed by atoms with Gasteiger partial charge in [-0.15, -0.1) is 0 Å². The van der Waals surface area contributed by atoms with Crippen molar-refractivity contribution in [1.29, 1.82) is 0 Å². The molecule has 3 rings (SSSR count). The van der Waals surface area contributed by atoms with Gasteiger partial charge >= 0.3 is 0 Å². The maximum absolute atomic E-state index is 14.1. The van der Waals surface area contributed by atoms with Gasteiger partial charge in [0.2, 0.25) is 5.95 Å². The number of fused-ring (bicyclic) bond motifs is 1. The largest absolute Gasteiger partial charge is 0.490 e. The number of ether oxygens (including phenoxy) is 1. The summed E-state index contributed by atoms with van der Waals surface area (Å²) in [5.74, 6) is 0.686. The van der Waals surface area contributed by atoms with E-state index in [1.165, 1.54) is 0 Å². The molecule has 0 saturated carbocycles. The maximum Gasteiger partial charge on any atom is 0.229 e. The number of benzene rings is 1. The third-order valence-corrected chi connectivity index (χ3v) is 3.87. The molecule has 0 amide bonds. The van der Waals surface area contributed by atoms with Crippen LogP contribution in [0.15, 0.2) is 73.6 Å². The number of hydrogen-bond acceptors (Lipinski definition) is 5. The summed E-state index contributed by atoms with van der Waals surface area (Å²) in [6.07, 6.45) is 10.6. The van der Waals surface area contributed by atoms with Gasteiger partial charge in [-0.2, -0.15) is 4.98 Å². The summed E-state index contributed by atoms with van der Waals surface area (Å²) >= 11 is 0. The fourth-order valence-electron chi connectivity index (χ4n) is 2.72. The Morgan fingerprint density at radius 1 is 1.33 bits per heavy atom. The van der Waals surface area contributed by atoms with Crippen molar-refractivity contribution < 1.29 is 9.13 Å². The molecule has 1 aliphatic rings. The summed E-state index contributed by atoms with van der Waals surface area (Å²) in [6.45, 7) is 9.31. The second kappa shape index (κ2) is 8.31. The van der Waals surface area contributed by atoms with Gasteiger partial charge in [0.1, 0.15) is 11.9 Å². The van der Waals surface area contributed by atoms with Crippen LogP contribution in [0.25, 0.3) is 0 Å². The van der Waals surface area contributed by atoms with Gasteiger partial charge in [-0.3, -0.25) is 0 Å². The predicted molar refractivity (Wildman–Crippen MR) is 107 cm³/mol. The molecule has 6 heteroatoms. The lowest BCUT2D eigenvalue weighted by molar-refractivity contribution is 0.254. The molecule has 138 valence electrons. The summed E-state index contributed by atoms with van der Waals surface area (Å²) in [4.78, 5) is 8.25. The summed E-state index contributed by atoms with van der Waals surface area (Å²) in [5, 5.41) is 6.03. The minimum absolute atomic E-state index is 0.0624. The first kappa shape index (κ1) is 18.4. The molecule has 2 N–H and O–H groups in total. The third kappa shape index (κ3) is 4.61. The highest BCUT2D eigenvalue weighted by Crippen LogP contribution is 2.31. The number of nitrogens with zero attached hydrogens (tertiary/aromatic N) is 2. The van der Waals surface area contributed by atoms with E-state index < -0.39 is 5.82 Å². The monoisotopic (exact) mass is 364 g/mol. The maximum atomic E-state index is 14.1. The lowest BCUT2D eigenvalue weighted by atomic mass is 10.1. The molecule has 1 aromatic heterocycles. The summed E-state index contributed by atoms with van der Waals surface area (Å²) in [6, 6.07) is 5.79. The van der Waals surface area contributed by atoms with Gasteiger partial charge in [0.05, 0.1) is 6.20 Å². The fraction of sp³-hybridized carbons (Fsp3) is 0.143. The van der Waals surface area contributed by atoms with Crippen LogP contribution in [0.2, 0.25) is 0 Å². The molecule has 0 aliphatic carbocycles. The molecular weight excluding hydrogens is 343 g/mol. The Morgan fingerprint density at radius 2 is 2.19 bits per heavy atom. The van der Waals surface area contributed by atoms with Crippen LogP contribution in [-0.2, 0) is 6.42 Å². The molecule has 0 fully saturated rings. The highest BCUT2D eigenvalue weighted by molar-refractivity contribution is 5.60. The Labute approximate surface area is 158 Å². The van der Waals surface area contributed by atoms with Crippen LogP contribution in [0.5, 0.6) is 5.75 Å². The van der Waals surface area contributed by atoms with E-state index in [1.54, 1.807) is 30.4 Å². The highest BCUT2D eigenvalue weighted by atomic mass is 19.1. The van der Waals surface area contributed by atoms with Crippen molar-refractivity contribution in [3.05, 3.63) is 85.0 Å². The molecule has 1 aliphatic heterocycles. The number of aromatic nitrogens is 2. The molecule has 1 unspecified atom stereocenters. The number of halogens is 1. The predicted octanol–water partition coefficient (Wildman–Crippen LogP) is 4.91. The van der Waals surface area contributed by atoms with E-state index in [1.807, 2.05) is 25.1 Å². The van der Waals surface area contributed by atoms with E-state index in [0.717, 1.165) is 29.6 Å². The van der Waals surface area contributed by atoms with Crippen LogP contribution in [0.3, 0.4) is 0 Å². The molecule has 0 radical (unpaired) electrons. The minimum atomic E-state index is -0.557. The van der Waals surface area contributed by atoms with Crippen molar-refractivity contribution in [3.8, 4) is 5.75 Å². The fourth-order valence-corrected chi connectivity index (χ4v) is 2.72. The van der Waals surface area contributed by atoms with Gasteiger partial charge in [0.25, 0.3) is 0 Å². The first-order valence-corrected chi connectivity index (χ1v) is 8.57. The van der Waals surface area contributed by atoms with Crippen molar-refractivity contribution in [2.45, 2.75) is 19.4 Å². The molecule has 0 spiro atoms. The van der Waals surface area contributed by atoms with Gasteiger partial charge in [0.15, 0.2) is 11.6 Å². The van der Waals surface area contributed by atoms with Crippen LogP contribution in [0.4, 0.5) is 21.8 Å². The minimum Gasteiger partial charge on any atom is -0.490 e. The van der Waals surface area contributed by atoms with Gasteiger partial charge in [0, 0.05) is 17.8 Å². The van der Waals surface area contributed by atoms with Crippen LogP contribution >= 0.6 is 0 Å². The summed E-state index contributed by atoms with van der Waals surface area (Å²) < 4.78 is 19.8. The molecular formula is C21H21FN4O. The van der Waals surface area contributed by atoms with Crippen molar-refractivity contribution in [3.63, 3.8) is 0 Å². The molecule has 1 aromatic carbocycles. The Morgan fingerprint density at radius 3 is 2.96 bits per heavy atom. The van der Waals surface area contributed by atoms with Crippen molar-refractivity contribution >= 4 is 17.5 Å². The number of anilines is 3. The van der Waals surface area contributed by atoms with Gasteiger partial charge in [-0.1, -0.05) is 31.4 Å². The average Bonchev–Trinajstić information content (AvgIpc) is 3.02. The van der Waals surface area contributed by atoms with Crippen LogP contribution in [0, 0.1) is 5.82 Å². The van der Waals surface area contributed by atoms with Gasteiger partial charge in [-0.25, -0.2) is 9.37 Å². The number of rotatable bonds is 7. The number of nitrogens with one attached hydrogen (secondary N) is 2. The number of allylic oxidation sites excluding steroid dienone is 5. The van der Waals surface area contributed by atoms with Crippen molar-refractivity contribution in [1.82, 2.24) is 9.97 Å². The average molecular weight is 364 g/mol. The lowest BCUT2D eigenvalue weighted by Crippen LogP contribution is -2.06. The summed E-state index contributed by atoms with van der Waals surface area (Å²) in [7, 11) is 0. The molecule has 2 aromatic rings. The Hall–Kier alpha value is -3.41. The number of hydrogen-bond donors (Lipinski definition) is 2. The Kier molecular flexibility index (Phi) is 5.66. The lowest BCUT2D eigenvalue weighted by Gasteiger charge is -2.10. The third-order valence-electron chi connectivity index (χ3n) is 3.87. The second-order valence-corrected chi connectivity index (χ2v) is 6.05. The standard InChI is InChI=1S/C21H21FN4O/c1-4-6-8-16(7-5-2)24-20-18(22)13-23-21(26-20)25-17-9-10-19-15(12-17)11-14(3)27-19/h4-10,12-14H,1-2,11H2,3H3,(H2,23,24,25,26)/b8-6-,16-7+. The first-order valence-electron chi connectivity index (χ1n) is 8.57. The van der Waals surface area contributed by atoms with E-state index in [0.29, 0.717) is 5.70 Å². The van der Waals surface area contributed by atoms with E-state index >= 15 is 0 Å². The zero-order chi connectivity index (χ0) is 19.2. The Balaban J connectivity index is 1.80. The van der Waals surface area contributed by atoms with Gasteiger partial charge < -0.3 is 15.4 Å². The van der Waals surface area contributed by atoms with Crippen LogP contribution < -0.4 is 15.4 Å². The zero-order valence-electron chi connectivity index (χ0n) is 15.1. The van der Waals surface area contributed by atoms with Crippen LogP contribution in [0.1, 0.15) is 12.5 Å². The van der Waals surface area contributed by atoms with Gasteiger partial charge in [-0.05, 0) is 42.8 Å². The van der Waals surface area contributed by atoms with E-state index in [2.05, 4.69) is 33.8 Å². The quantitative estimate of drug-likeness (QED) is 0.684. The molecule has 0 saturated heterocycles. The SMILES string of the molecule is C=C/C=C\C(=C/C=C)Nc1nc(Nc2ccc3c(c2)CC(C)O3)ncc1F. The van der Waals surface area contributed by atoms with Crippen molar-refractivity contribution in [2.24, 2.45) is 0 Å². The van der Waals surface area contributed by atoms with E-state index in [4.69, 9.17) is 4.74 Å². The highest BCUT2D eigenvalue weighted by Gasteiger charge is 2.19. The Bertz CT molecular complexity index is 920. The molecule has 2 heterocycles. The second-order valence-electron chi connectivity index (χ2n) is 6.05.